The van der Waals surface area contributed by atoms with Crippen molar-refractivity contribution in [2.45, 2.75) is 24.9 Å². The van der Waals surface area contributed by atoms with Crippen LogP contribution in [0.1, 0.15) is 24.0 Å². The zero-order valence-electron chi connectivity index (χ0n) is 18.9. The topological polar surface area (TPSA) is 84.2 Å². The van der Waals surface area contributed by atoms with Gasteiger partial charge in [-0.05, 0) is 48.2 Å². The third kappa shape index (κ3) is 3.81. The van der Waals surface area contributed by atoms with Gasteiger partial charge in [0.1, 0.15) is 30.3 Å². The lowest BCUT2D eigenvalue weighted by atomic mass is 9.74. The van der Waals surface area contributed by atoms with Crippen molar-refractivity contribution in [2.24, 2.45) is 0 Å². The number of esters is 1. The molecule has 0 N–H and O–H groups in total. The van der Waals surface area contributed by atoms with Crippen molar-refractivity contribution in [3.05, 3.63) is 65.7 Å². The summed E-state index contributed by atoms with van der Waals surface area (Å²) in [5, 5.41) is 8.99. The van der Waals surface area contributed by atoms with Gasteiger partial charge in [-0.3, -0.25) is 9.20 Å². The van der Waals surface area contributed by atoms with E-state index < -0.39 is 17.2 Å². The molecule has 0 saturated carbocycles. The largest absolute Gasteiger partial charge is 0.496 e. The Morgan fingerprint density at radius 1 is 1.15 bits per heavy atom. The lowest BCUT2D eigenvalue weighted by molar-refractivity contribution is -0.151. The summed E-state index contributed by atoms with van der Waals surface area (Å²) < 4.78 is 38.4. The van der Waals surface area contributed by atoms with E-state index in [0.29, 0.717) is 48.8 Å². The van der Waals surface area contributed by atoms with Gasteiger partial charge in [-0.25, -0.2) is 4.39 Å². The maximum Gasteiger partial charge on any atom is 0.316 e. The molecule has 5 rings (SSSR count). The van der Waals surface area contributed by atoms with Gasteiger partial charge in [-0.2, -0.15) is 0 Å². The van der Waals surface area contributed by atoms with Crippen LogP contribution in [0.25, 0.3) is 16.6 Å². The Morgan fingerprint density at radius 2 is 1.97 bits per heavy atom. The molecular formula is C25H24FN3O5. The molecule has 1 saturated heterocycles. The SMILES string of the molecule is COC(=O)C1(c2cc(F)cc(OCc3ccc4c(OC)cc5nncn5c4c3)c2)CCOCC1. The van der Waals surface area contributed by atoms with Crippen LogP contribution in [-0.2, 0) is 26.3 Å². The van der Waals surface area contributed by atoms with Crippen LogP contribution >= 0.6 is 0 Å². The third-order valence-electron chi connectivity index (χ3n) is 6.39. The van der Waals surface area contributed by atoms with Crippen LogP contribution in [0, 0.1) is 5.82 Å². The number of nitrogens with zero attached hydrogens (tertiary/aromatic N) is 3. The summed E-state index contributed by atoms with van der Waals surface area (Å²) in [4.78, 5) is 12.7. The number of methoxy groups -OCH3 is 2. The second kappa shape index (κ2) is 8.90. The molecule has 34 heavy (non-hydrogen) atoms. The second-order valence-electron chi connectivity index (χ2n) is 8.27. The van der Waals surface area contributed by atoms with Gasteiger partial charge >= 0.3 is 5.97 Å². The molecule has 0 unspecified atom stereocenters. The number of ether oxygens (including phenoxy) is 4. The van der Waals surface area contributed by atoms with Crippen LogP contribution in [0.3, 0.4) is 0 Å². The first kappa shape index (κ1) is 22.1. The molecular weight excluding hydrogens is 441 g/mol. The van der Waals surface area contributed by atoms with Crippen LogP contribution in [0.5, 0.6) is 11.5 Å². The number of carbonyl (C=O) groups is 1. The normalized spacial score (nSPS) is 15.4. The zero-order chi connectivity index (χ0) is 23.7. The molecule has 4 aromatic rings. The molecule has 2 aromatic heterocycles. The predicted octanol–water partition coefficient (Wildman–Crippen LogP) is 3.83. The highest BCUT2D eigenvalue weighted by molar-refractivity contribution is 5.88. The van der Waals surface area contributed by atoms with Crippen molar-refractivity contribution in [3.8, 4) is 11.5 Å². The summed E-state index contributed by atoms with van der Waals surface area (Å²) in [5.41, 5.74) is 1.99. The first-order valence-electron chi connectivity index (χ1n) is 10.9. The lowest BCUT2D eigenvalue weighted by Crippen LogP contribution is -2.42. The minimum absolute atomic E-state index is 0.202. The average molecular weight is 465 g/mol. The van der Waals surface area contributed by atoms with E-state index in [2.05, 4.69) is 10.2 Å². The van der Waals surface area contributed by atoms with E-state index in [0.717, 1.165) is 16.5 Å². The summed E-state index contributed by atoms with van der Waals surface area (Å²) in [7, 11) is 2.96. The molecule has 0 radical (unpaired) electrons. The average Bonchev–Trinajstić information content (AvgIpc) is 3.35. The Kier molecular flexibility index (Phi) is 5.79. The summed E-state index contributed by atoms with van der Waals surface area (Å²) in [5.74, 6) is 0.165. The van der Waals surface area contributed by atoms with E-state index in [4.69, 9.17) is 18.9 Å². The van der Waals surface area contributed by atoms with Crippen LogP contribution < -0.4 is 9.47 Å². The molecule has 176 valence electrons. The number of hydrogen-bond donors (Lipinski definition) is 0. The molecule has 1 aliphatic heterocycles. The van der Waals surface area contributed by atoms with E-state index in [9.17, 15) is 9.18 Å². The van der Waals surface area contributed by atoms with Gasteiger partial charge in [-0.1, -0.05) is 6.07 Å². The van der Waals surface area contributed by atoms with E-state index in [1.807, 2.05) is 28.7 Å². The summed E-state index contributed by atoms with van der Waals surface area (Å²) >= 11 is 0. The van der Waals surface area contributed by atoms with E-state index in [1.165, 1.54) is 19.2 Å². The lowest BCUT2D eigenvalue weighted by Gasteiger charge is -2.35. The molecule has 0 amide bonds. The molecule has 0 aliphatic carbocycles. The smallest absolute Gasteiger partial charge is 0.316 e. The minimum Gasteiger partial charge on any atom is -0.496 e. The van der Waals surface area contributed by atoms with Crippen molar-refractivity contribution in [1.29, 1.82) is 0 Å². The van der Waals surface area contributed by atoms with Crippen LogP contribution in [-0.4, -0.2) is 48.0 Å². The highest BCUT2D eigenvalue weighted by Gasteiger charge is 2.43. The highest BCUT2D eigenvalue weighted by atomic mass is 19.1. The molecule has 1 aliphatic rings. The van der Waals surface area contributed by atoms with Crippen LogP contribution in [0.15, 0.2) is 48.8 Å². The Bertz CT molecular complexity index is 1360. The summed E-state index contributed by atoms with van der Waals surface area (Å²) in [6.45, 7) is 1.01. The zero-order valence-corrected chi connectivity index (χ0v) is 18.9. The van der Waals surface area contributed by atoms with Crippen molar-refractivity contribution in [3.63, 3.8) is 0 Å². The number of halogens is 1. The van der Waals surface area contributed by atoms with Gasteiger partial charge in [0, 0.05) is 30.7 Å². The number of rotatable bonds is 6. The number of pyridine rings is 1. The van der Waals surface area contributed by atoms with E-state index in [-0.39, 0.29) is 6.61 Å². The fourth-order valence-electron chi connectivity index (χ4n) is 4.58. The Balaban J connectivity index is 1.45. The number of aromatic nitrogens is 3. The minimum atomic E-state index is -0.952. The Labute approximate surface area is 195 Å². The molecule has 3 heterocycles. The van der Waals surface area contributed by atoms with Gasteiger partial charge in [0.2, 0.25) is 0 Å². The van der Waals surface area contributed by atoms with E-state index in [1.54, 1.807) is 19.5 Å². The molecule has 1 fully saturated rings. The number of hydrogen-bond acceptors (Lipinski definition) is 7. The maximum atomic E-state index is 14.6. The van der Waals surface area contributed by atoms with Crippen molar-refractivity contribution >= 4 is 22.5 Å². The maximum absolute atomic E-state index is 14.6. The van der Waals surface area contributed by atoms with Crippen LogP contribution in [0.2, 0.25) is 0 Å². The number of fused-ring (bicyclic) bond motifs is 3. The van der Waals surface area contributed by atoms with Gasteiger partial charge in [0.05, 0.1) is 25.2 Å². The van der Waals surface area contributed by atoms with Crippen molar-refractivity contribution in [2.75, 3.05) is 27.4 Å². The second-order valence-corrected chi connectivity index (χ2v) is 8.27. The molecule has 0 bridgehead atoms. The fourth-order valence-corrected chi connectivity index (χ4v) is 4.58. The van der Waals surface area contributed by atoms with Gasteiger partial charge in [0.25, 0.3) is 0 Å². The van der Waals surface area contributed by atoms with Crippen molar-refractivity contribution in [1.82, 2.24) is 14.6 Å². The summed E-state index contributed by atoms with van der Waals surface area (Å²) in [6, 6.07) is 12.1. The first-order valence-corrected chi connectivity index (χ1v) is 10.9. The Morgan fingerprint density at radius 3 is 2.74 bits per heavy atom. The highest BCUT2D eigenvalue weighted by Crippen LogP contribution is 2.38. The third-order valence-corrected chi connectivity index (χ3v) is 6.39. The molecule has 0 atom stereocenters. The van der Waals surface area contributed by atoms with Crippen molar-refractivity contribution < 1.29 is 28.1 Å². The monoisotopic (exact) mass is 465 g/mol. The molecule has 8 nitrogen and oxygen atoms in total. The molecule has 0 spiro atoms. The van der Waals surface area contributed by atoms with Gasteiger partial charge in [0.15, 0.2) is 5.65 Å². The molecule has 2 aromatic carbocycles. The van der Waals surface area contributed by atoms with Crippen LogP contribution in [0.4, 0.5) is 4.39 Å². The first-order chi connectivity index (χ1) is 16.5. The Hall–Kier alpha value is -3.72. The van der Waals surface area contributed by atoms with Gasteiger partial charge < -0.3 is 18.9 Å². The van der Waals surface area contributed by atoms with Gasteiger partial charge in [-0.15, -0.1) is 10.2 Å². The standard InChI is InChI=1S/C25H24FN3O5/c1-31-22-13-23-28-27-15-29(23)21-9-16(3-4-20(21)22)14-34-19-11-17(10-18(26)12-19)25(24(30)32-2)5-7-33-8-6-25/h3-4,9-13,15H,5-8,14H2,1-2H3. The quantitative estimate of drug-likeness (QED) is 0.400. The fraction of sp³-hybridized carbons (Fsp3) is 0.320. The predicted molar refractivity (Wildman–Crippen MR) is 122 cm³/mol. The number of benzene rings is 2. The van der Waals surface area contributed by atoms with E-state index >= 15 is 0 Å². The molecule has 9 heteroatoms. The summed E-state index contributed by atoms with van der Waals surface area (Å²) in [6.07, 6.45) is 2.48. The number of carbonyl (C=O) groups excluding carboxylic acids is 1.